The molecule has 6 aliphatic rings. The monoisotopic (exact) mass is 528 g/mol. The van der Waals surface area contributed by atoms with Crippen LogP contribution >= 0.6 is 0 Å². The van der Waals surface area contributed by atoms with Crippen molar-refractivity contribution in [2.24, 2.45) is 23.2 Å². The quantitative estimate of drug-likeness (QED) is 0.427. The highest BCUT2D eigenvalue weighted by atomic mass is 16.5. The van der Waals surface area contributed by atoms with E-state index in [0.717, 1.165) is 61.5 Å². The Bertz CT molecular complexity index is 1210. The standard InChI is InChI=1S/C33H40N2O4/c1-38-32(37)26-8-6-22(7-9-26)21-39-30-5-3-2-4-27(30)18-34-19-29-13-28(34)20-35(29)31(36)17-33-14-23-10-24(15-33)12-25(11-23)16-33/h2-9,23-25,28-29H,10-21H2,1H3. The highest BCUT2D eigenvalue weighted by molar-refractivity contribution is 5.89. The van der Waals surface area contributed by atoms with Crippen molar-refractivity contribution in [3.63, 3.8) is 0 Å². The third-order valence-corrected chi connectivity index (χ3v) is 10.5. The van der Waals surface area contributed by atoms with Crippen LogP contribution in [0, 0.1) is 23.2 Å². The summed E-state index contributed by atoms with van der Waals surface area (Å²) in [7, 11) is 1.39. The smallest absolute Gasteiger partial charge is 0.337 e. The largest absolute Gasteiger partial charge is 0.489 e. The van der Waals surface area contributed by atoms with E-state index in [1.165, 1.54) is 51.2 Å². The molecule has 1 amide bonds. The summed E-state index contributed by atoms with van der Waals surface area (Å²) in [4.78, 5) is 30.1. The van der Waals surface area contributed by atoms with Crippen LogP contribution in [0.5, 0.6) is 5.75 Å². The summed E-state index contributed by atoms with van der Waals surface area (Å²) in [5.41, 5.74) is 3.05. The minimum atomic E-state index is -0.333. The van der Waals surface area contributed by atoms with Crippen LogP contribution in [0.25, 0.3) is 0 Å². The number of hydrogen-bond acceptors (Lipinski definition) is 5. The van der Waals surface area contributed by atoms with Gasteiger partial charge in [0.1, 0.15) is 12.4 Å². The van der Waals surface area contributed by atoms with E-state index in [1.54, 1.807) is 12.1 Å². The molecule has 4 saturated carbocycles. The maximum absolute atomic E-state index is 13.6. The van der Waals surface area contributed by atoms with E-state index in [9.17, 15) is 9.59 Å². The summed E-state index contributed by atoms with van der Waals surface area (Å²) in [6.07, 6.45) is 10.1. The average molecular weight is 529 g/mol. The number of carbonyl (C=O) groups is 2. The predicted molar refractivity (Wildman–Crippen MR) is 148 cm³/mol. The summed E-state index contributed by atoms with van der Waals surface area (Å²) >= 11 is 0. The normalized spacial score (nSPS) is 32.5. The lowest BCUT2D eigenvalue weighted by molar-refractivity contribution is -0.141. The van der Waals surface area contributed by atoms with Crippen molar-refractivity contribution in [3.8, 4) is 5.75 Å². The minimum absolute atomic E-state index is 0.323. The Hall–Kier alpha value is -2.86. The topological polar surface area (TPSA) is 59.1 Å². The number of fused-ring (bicyclic) bond motifs is 2. The van der Waals surface area contributed by atoms with Crippen LogP contribution in [0.2, 0.25) is 0 Å². The molecule has 6 nitrogen and oxygen atoms in total. The van der Waals surface area contributed by atoms with E-state index in [-0.39, 0.29) is 5.97 Å². The molecule has 2 aliphatic heterocycles. The number of nitrogens with zero attached hydrogens (tertiary/aromatic N) is 2. The Morgan fingerprint density at radius 2 is 1.56 bits per heavy atom. The number of piperazine rings is 1. The number of methoxy groups -OCH3 is 1. The van der Waals surface area contributed by atoms with Crippen LogP contribution in [0.1, 0.15) is 72.9 Å². The molecule has 39 heavy (non-hydrogen) atoms. The summed E-state index contributed by atoms with van der Waals surface area (Å²) in [6.45, 7) is 3.12. The van der Waals surface area contributed by atoms with Crippen molar-refractivity contribution in [1.82, 2.24) is 9.80 Å². The van der Waals surface area contributed by atoms with Gasteiger partial charge in [0.2, 0.25) is 5.91 Å². The second kappa shape index (κ2) is 9.96. The van der Waals surface area contributed by atoms with Crippen molar-refractivity contribution >= 4 is 11.9 Å². The molecular formula is C33H40N2O4. The first-order valence-corrected chi connectivity index (χ1v) is 14.9. The number of amides is 1. The molecular weight excluding hydrogens is 488 g/mol. The molecule has 4 aliphatic carbocycles. The summed E-state index contributed by atoms with van der Waals surface area (Å²) < 4.78 is 11.0. The Balaban J connectivity index is 0.949. The van der Waals surface area contributed by atoms with Crippen molar-refractivity contribution in [2.45, 2.75) is 76.6 Å². The van der Waals surface area contributed by atoms with Crippen molar-refractivity contribution in [3.05, 3.63) is 65.2 Å². The first-order chi connectivity index (χ1) is 19.0. The highest BCUT2D eigenvalue weighted by Crippen LogP contribution is 2.61. The van der Waals surface area contributed by atoms with Gasteiger partial charge in [-0.05, 0) is 91.9 Å². The molecule has 2 aromatic rings. The molecule has 2 unspecified atom stereocenters. The molecule has 6 heteroatoms. The summed E-state index contributed by atoms with van der Waals surface area (Å²) in [5.74, 6) is 3.70. The molecule has 6 bridgehead atoms. The fourth-order valence-corrected chi connectivity index (χ4v) is 9.19. The predicted octanol–water partition coefficient (Wildman–Crippen LogP) is 5.44. The van der Waals surface area contributed by atoms with Gasteiger partial charge >= 0.3 is 5.97 Å². The molecule has 0 aromatic heterocycles. The van der Waals surface area contributed by atoms with Gasteiger partial charge in [0, 0.05) is 43.7 Å². The number of esters is 1. The molecule has 6 fully saturated rings. The van der Waals surface area contributed by atoms with Crippen molar-refractivity contribution in [1.29, 1.82) is 0 Å². The van der Waals surface area contributed by atoms with Gasteiger partial charge in [0.05, 0.1) is 12.7 Å². The first kappa shape index (κ1) is 25.1. The number of para-hydroxylation sites is 1. The van der Waals surface area contributed by atoms with E-state index < -0.39 is 0 Å². The maximum atomic E-state index is 13.6. The zero-order valence-electron chi connectivity index (χ0n) is 23.0. The van der Waals surface area contributed by atoms with Crippen LogP contribution in [0.15, 0.2) is 48.5 Å². The molecule has 2 aromatic carbocycles. The molecule has 0 N–H and O–H groups in total. The highest BCUT2D eigenvalue weighted by Gasteiger charge is 2.53. The van der Waals surface area contributed by atoms with Crippen LogP contribution in [0.3, 0.4) is 0 Å². The van der Waals surface area contributed by atoms with E-state index in [1.807, 2.05) is 24.3 Å². The molecule has 0 radical (unpaired) electrons. The van der Waals surface area contributed by atoms with Gasteiger partial charge in [0.15, 0.2) is 0 Å². The molecule has 8 rings (SSSR count). The number of carbonyl (C=O) groups excluding carboxylic acids is 2. The van der Waals surface area contributed by atoms with Crippen LogP contribution in [0.4, 0.5) is 0 Å². The molecule has 2 saturated heterocycles. The van der Waals surface area contributed by atoms with Gasteiger partial charge in [-0.1, -0.05) is 30.3 Å². The zero-order valence-corrected chi connectivity index (χ0v) is 23.0. The Kier molecular flexibility index (Phi) is 6.42. The average Bonchev–Trinajstić information content (AvgIpc) is 3.52. The van der Waals surface area contributed by atoms with E-state index >= 15 is 0 Å². The lowest BCUT2D eigenvalue weighted by Gasteiger charge is -2.57. The molecule has 0 spiro atoms. The minimum Gasteiger partial charge on any atom is -0.489 e. The third-order valence-electron chi connectivity index (χ3n) is 10.5. The molecule has 206 valence electrons. The van der Waals surface area contributed by atoms with Gasteiger partial charge in [0.25, 0.3) is 0 Å². The van der Waals surface area contributed by atoms with Gasteiger partial charge in [-0.25, -0.2) is 4.79 Å². The second-order valence-electron chi connectivity index (χ2n) is 13.2. The number of rotatable bonds is 8. The molecule has 2 atom stereocenters. The summed E-state index contributed by atoms with van der Waals surface area (Å²) in [6, 6.07) is 16.4. The second-order valence-corrected chi connectivity index (χ2v) is 13.2. The Labute approximate surface area is 231 Å². The van der Waals surface area contributed by atoms with Gasteiger partial charge in [-0.15, -0.1) is 0 Å². The van der Waals surface area contributed by atoms with Crippen molar-refractivity contribution < 1.29 is 19.1 Å². The Morgan fingerprint density at radius 3 is 2.21 bits per heavy atom. The summed E-state index contributed by atoms with van der Waals surface area (Å²) in [5, 5.41) is 0. The fraction of sp³-hybridized carbons (Fsp3) is 0.576. The maximum Gasteiger partial charge on any atom is 0.337 e. The van der Waals surface area contributed by atoms with Gasteiger partial charge < -0.3 is 14.4 Å². The van der Waals surface area contributed by atoms with Gasteiger partial charge in [-0.3, -0.25) is 9.69 Å². The molecule has 2 heterocycles. The van der Waals surface area contributed by atoms with Crippen molar-refractivity contribution in [2.75, 3.05) is 20.2 Å². The Morgan fingerprint density at radius 1 is 0.872 bits per heavy atom. The SMILES string of the molecule is COC(=O)c1ccc(COc2ccccc2CN2CC3CC2CN3C(=O)CC23CC4CC(CC(C4)C2)C3)cc1. The zero-order chi connectivity index (χ0) is 26.6. The van der Waals surface area contributed by atoms with Crippen LogP contribution in [-0.2, 0) is 22.7 Å². The fourth-order valence-electron chi connectivity index (χ4n) is 9.19. The van der Waals surface area contributed by atoms with Crippen LogP contribution in [-0.4, -0.2) is 54.0 Å². The third kappa shape index (κ3) is 4.86. The van der Waals surface area contributed by atoms with Gasteiger partial charge in [-0.2, -0.15) is 0 Å². The lowest BCUT2D eigenvalue weighted by atomic mass is 9.49. The number of hydrogen-bond donors (Lipinski definition) is 0. The number of ether oxygens (including phenoxy) is 2. The lowest BCUT2D eigenvalue weighted by Crippen LogP contribution is -2.52. The van der Waals surface area contributed by atoms with E-state index in [4.69, 9.17) is 9.47 Å². The number of likely N-dealkylation sites (tertiary alicyclic amines) is 2. The van der Waals surface area contributed by atoms with E-state index in [0.29, 0.717) is 35.6 Å². The van der Waals surface area contributed by atoms with E-state index in [2.05, 4.69) is 21.9 Å². The first-order valence-electron chi connectivity index (χ1n) is 14.9. The van der Waals surface area contributed by atoms with Crippen LogP contribution < -0.4 is 4.74 Å². The number of benzene rings is 2.